The standard InChI is InChI=1S/C15H25F3N2O2/c1-11(21)12-4-2-6-19(8-12)10-14(22)20-7-3-5-13(9-20)15(16,17)18/h11-13,21H,2-10H2,1H3. The summed E-state index contributed by atoms with van der Waals surface area (Å²) in [5, 5.41) is 9.65. The number of hydrogen-bond donors (Lipinski definition) is 1. The maximum absolute atomic E-state index is 12.8. The molecule has 0 radical (unpaired) electrons. The number of hydrogen-bond acceptors (Lipinski definition) is 3. The molecule has 0 bridgehead atoms. The summed E-state index contributed by atoms with van der Waals surface area (Å²) >= 11 is 0. The van der Waals surface area contributed by atoms with Gasteiger partial charge in [-0.1, -0.05) is 0 Å². The second-order valence-corrected chi connectivity index (χ2v) is 6.60. The highest BCUT2D eigenvalue weighted by Gasteiger charge is 2.42. The molecule has 4 nitrogen and oxygen atoms in total. The van der Waals surface area contributed by atoms with Crippen LogP contribution in [0.5, 0.6) is 0 Å². The predicted octanol–water partition coefficient (Wildman–Crippen LogP) is 1.88. The minimum atomic E-state index is -4.22. The molecule has 2 saturated heterocycles. The third-order valence-electron chi connectivity index (χ3n) is 4.82. The predicted molar refractivity (Wildman–Crippen MR) is 76.2 cm³/mol. The zero-order valence-electron chi connectivity index (χ0n) is 13.0. The lowest BCUT2D eigenvalue weighted by Gasteiger charge is -2.37. The summed E-state index contributed by atoms with van der Waals surface area (Å²) in [7, 11) is 0. The monoisotopic (exact) mass is 322 g/mol. The Morgan fingerprint density at radius 2 is 1.91 bits per heavy atom. The van der Waals surface area contributed by atoms with Gasteiger partial charge in [0, 0.05) is 19.6 Å². The Balaban J connectivity index is 1.86. The van der Waals surface area contributed by atoms with Crippen LogP contribution in [-0.2, 0) is 4.79 Å². The Hall–Kier alpha value is -0.820. The first-order chi connectivity index (χ1) is 10.3. The summed E-state index contributed by atoms with van der Waals surface area (Å²) in [5.74, 6) is -1.47. The minimum Gasteiger partial charge on any atom is -0.393 e. The summed E-state index contributed by atoms with van der Waals surface area (Å²) in [6.07, 6.45) is -2.27. The highest BCUT2D eigenvalue weighted by Crippen LogP contribution is 2.33. The second kappa shape index (κ2) is 7.17. The molecule has 2 rings (SSSR count). The molecule has 128 valence electrons. The van der Waals surface area contributed by atoms with Crippen molar-refractivity contribution in [2.45, 2.75) is 44.9 Å². The largest absolute Gasteiger partial charge is 0.393 e. The number of likely N-dealkylation sites (tertiary alicyclic amines) is 2. The average Bonchev–Trinajstić information content (AvgIpc) is 2.46. The number of piperidine rings is 2. The molecule has 22 heavy (non-hydrogen) atoms. The minimum absolute atomic E-state index is 0.112. The fourth-order valence-corrected chi connectivity index (χ4v) is 3.39. The molecule has 0 aliphatic carbocycles. The van der Waals surface area contributed by atoms with Gasteiger partial charge in [-0.05, 0) is 45.1 Å². The van der Waals surface area contributed by atoms with E-state index in [0.717, 1.165) is 19.4 Å². The SMILES string of the molecule is CC(O)C1CCCN(CC(=O)N2CCCC(C(F)(F)F)C2)C1. The van der Waals surface area contributed by atoms with Crippen LogP contribution in [0.3, 0.4) is 0 Å². The van der Waals surface area contributed by atoms with Crippen molar-refractivity contribution in [3.8, 4) is 0 Å². The number of nitrogens with zero attached hydrogens (tertiary/aromatic N) is 2. The van der Waals surface area contributed by atoms with Gasteiger partial charge in [0.15, 0.2) is 0 Å². The lowest BCUT2D eigenvalue weighted by atomic mass is 9.93. The third-order valence-corrected chi connectivity index (χ3v) is 4.82. The van der Waals surface area contributed by atoms with E-state index in [9.17, 15) is 23.1 Å². The third kappa shape index (κ3) is 4.59. The topological polar surface area (TPSA) is 43.8 Å². The summed E-state index contributed by atoms with van der Waals surface area (Å²) in [6, 6.07) is 0. The fraction of sp³-hybridized carbons (Fsp3) is 0.933. The molecular formula is C15H25F3N2O2. The summed E-state index contributed by atoms with van der Waals surface area (Å²) in [4.78, 5) is 15.6. The highest BCUT2D eigenvalue weighted by atomic mass is 19.4. The van der Waals surface area contributed by atoms with E-state index in [1.807, 2.05) is 4.90 Å². The van der Waals surface area contributed by atoms with Gasteiger partial charge in [0.05, 0.1) is 18.6 Å². The fourth-order valence-electron chi connectivity index (χ4n) is 3.39. The molecule has 2 aliphatic heterocycles. The Kier molecular flexibility index (Phi) is 5.71. The normalized spacial score (nSPS) is 29.4. The van der Waals surface area contributed by atoms with Crippen LogP contribution in [0.4, 0.5) is 13.2 Å². The van der Waals surface area contributed by atoms with Crippen LogP contribution in [0.1, 0.15) is 32.6 Å². The van der Waals surface area contributed by atoms with Crippen LogP contribution in [0.25, 0.3) is 0 Å². The number of rotatable bonds is 3. The van der Waals surface area contributed by atoms with Crippen LogP contribution < -0.4 is 0 Å². The van der Waals surface area contributed by atoms with Crippen LogP contribution in [0.2, 0.25) is 0 Å². The van der Waals surface area contributed by atoms with Crippen molar-refractivity contribution >= 4 is 5.91 Å². The van der Waals surface area contributed by atoms with E-state index in [-0.39, 0.29) is 31.3 Å². The summed E-state index contributed by atoms with van der Waals surface area (Å²) < 4.78 is 38.4. The number of carbonyl (C=O) groups excluding carboxylic acids is 1. The van der Waals surface area contributed by atoms with Crippen LogP contribution >= 0.6 is 0 Å². The van der Waals surface area contributed by atoms with Crippen molar-refractivity contribution in [1.29, 1.82) is 0 Å². The maximum Gasteiger partial charge on any atom is 0.393 e. The van der Waals surface area contributed by atoms with Gasteiger partial charge in [-0.25, -0.2) is 0 Å². The Morgan fingerprint density at radius 3 is 2.55 bits per heavy atom. The van der Waals surface area contributed by atoms with E-state index in [4.69, 9.17) is 0 Å². The zero-order valence-corrected chi connectivity index (χ0v) is 13.0. The Labute approximate surface area is 129 Å². The van der Waals surface area contributed by atoms with Gasteiger partial charge in [-0.3, -0.25) is 9.69 Å². The summed E-state index contributed by atoms with van der Waals surface area (Å²) in [5.41, 5.74) is 0. The van der Waals surface area contributed by atoms with E-state index >= 15 is 0 Å². The summed E-state index contributed by atoms with van der Waals surface area (Å²) in [6.45, 7) is 3.52. The lowest BCUT2D eigenvalue weighted by Crippen LogP contribution is -2.50. The highest BCUT2D eigenvalue weighted by molar-refractivity contribution is 5.78. The first-order valence-electron chi connectivity index (χ1n) is 8.02. The van der Waals surface area contributed by atoms with Crippen molar-refractivity contribution in [2.75, 3.05) is 32.7 Å². The van der Waals surface area contributed by atoms with E-state index < -0.39 is 18.2 Å². The molecule has 3 unspecified atom stereocenters. The average molecular weight is 322 g/mol. The molecule has 0 aromatic heterocycles. The van der Waals surface area contributed by atoms with E-state index in [0.29, 0.717) is 19.5 Å². The van der Waals surface area contributed by atoms with Gasteiger partial charge in [0.2, 0.25) is 5.91 Å². The second-order valence-electron chi connectivity index (χ2n) is 6.60. The van der Waals surface area contributed by atoms with Gasteiger partial charge in [0.1, 0.15) is 0 Å². The van der Waals surface area contributed by atoms with Gasteiger partial charge in [-0.15, -0.1) is 0 Å². The van der Waals surface area contributed by atoms with Crippen molar-refractivity contribution in [3.05, 3.63) is 0 Å². The number of amides is 1. The lowest BCUT2D eigenvalue weighted by molar-refractivity contribution is -0.188. The smallest absolute Gasteiger partial charge is 0.393 e. The van der Waals surface area contributed by atoms with Gasteiger partial charge >= 0.3 is 6.18 Å². The Bertz CT molecular complexity index is 387. The van der Waals surface area contributed by atoms with Crippen LogP contribution in [0, 0.1) is 11.8 Å². The quantitative estimate of drug-likeness (QED) is 0.863. The van der Waals surface area contributed by atoms with Crippen LogP contribution in [0.15, 0.2) is 0 Å². The van der Waals surface area contributed by atoms with Gasteiger partial charge in [-0.2, -0.15) is 13.2 Å². The van der Waals surface area contributed by atoms with Crippen molar-refractivity contribution in [1.82, 2.24) is 9.80 Å². The van der Waals surface area contributed by atoms with E-state index in [2.05, 4.69) is 0 Å². The van der Waals surface area contributed by atoms with Gasteiger partial charge < -0.3 is 10.0 Å². The number of carbonyl (C=O) groups is 1. The maximum atomic E-state index is 12.8. The Morgan fingerprint density at radius 1 is 1.23 bits per heavy atom. The molecular weight excluding hydrogens is 297 g/mol. The number of alkyl halides is 3. The number of aliphatic hydroxyl groups is 1. The first kappa shape index (κ1) is 17.5. The molecule has 7 heteroatoms. The zero-order chi connectivity index (χ0) is 16.3. The molecule has 0 aromatic rings. The molecule has 1 N–H and O–H groups in total. The van der Waals surface area contributed by atoms with E-state index in [1.54, 1.807) is 6.92 Å². The van der Waals surface area contributed by atoms with Crippen molar-refractivity contribution in [3.63, 3.8) is 0 Å². The number of halogens is 3. The molecule has 1 amide bonds. The molecule has 0 aromatic carbocycles. The molecule has 2 aliphatic rings. The molecule has 3 atom stereocenters. The van der Waals surface area contributed by atoms with Crippen LogP contribution in [-0.4, -0.2) is 65.8 Å². The van der Waals surface area contributed by atoms with Crippen molar-refractivity contribution < 1.29 is 23.1 Å². The molecule has 2 fully saturated rings. The van der Waals surface area contributed by atoms with E-state index in [1.165, 1.54) is 4.90 Å². The van der Waals surface area contributed by atoms with Crippen molar-refractivity contribution in [2.24, 2.45) is 11.8 Å². The molecule has 2 heterocycles. The number of aliphatic hydroxyl groups excluding tert-OH is 1. The first-order valence-corrected chi connectivity index (χ1v) is 8.02. The molecule has 0 spiro atoms. The molecule has 0 saturated carbocycles. The van der Waals surface area contributed by atoms with Gasteiger partial charge in [0.25, 0.3) is 0 Å².